The second kappa shape index (κ2) is 41.0. The molecule has 0 saturated carbocycles. The topological polar surface area (TPSA) is 108 Å². The third kappa shape index (κ3) is 42.2. The van der Waals surface area contributed by atoms with Gasteiger partial charge in [0.1, 0.15) is 13.2 Å². The van der Waals surface area contributed by atoms with Crippen LogP contribution in [-0.2, 0) is 33.3 Å². The van der Waals surface area contributed by atoms with Gasteiger partial charge in [-0.15, -0.1) is 0 Å². The van der Waals surface area contributed by atoms with Gasteiger partial charge in [-0.3, -0.25) is 9.59 Å². The number of carbonyl (C=O) groups excluding carboxylic acids is 2. The second-order valence-corrected chi connectivity index (χ2v) is 17.8. The molecule has 0 aromatic heterocycles. The van der Waals surface area contributed by atoms with E-state index in [1.165, 1.54) is 167 Å². The highest BCUT2D eigenvalue weighted by Crippen LogP contribution is 2.16. The zero-order chi connectivity index (χ0) is 42.1. The normalized spacial score (nSPS) is 12.8. The number of ether oxygens (including phenoxy) is 4. The van der Waals surface area contributed by atoms with Crippen molar-refractivity contribution in [2.24, 2.45) is 0 Å². The number of carboxylic acid groups (broad SMARTS) is 1. The van der Waals surface area contributed by atoms with Crippen molar-refractivity contribution < 1.29 is 42.9 Å². The molecule has 0 spiro atoms. The first-order valence-corrected chi connectivity index (χ1v) is 24.2. The molecule has 0 amide bonds. The third-order valence-corrected chi connectivity index (χ3v) is 10.9. The average Bonchev–Trinajstić information content (AvgIpc) is 3.17. The first kappa shape index (κ1) is 55.3. The summed E-state index contributed by atoms with van der Waals surface area (Å²) >= 11 is 0. The van der Waals surface area contributed by atoms with E-state index in [9.17, 15) is 19.5 Å². The summed E-state index contributed by atoms with van der Waals surface area (Å²) in [5.41, 5.74) is 0. The predicted molar refractivity (Wildman–Crippen MR) is 235 cm³/mol. The number of nitrogens with zero attached hydrogens (tertiary/aromatic N) is 1. The van der Waals surface area contributed by atoms with Crippen LogP contribution in [-0.4, -0.2) is 87.4 Å². The maximum Gasteiger partial charge on any atom is 0.361 e. The van der Waals surface area contributed by atoms with E-state index in [2.05, 4.69) is 13.8 Å². The van der Waals surface area contributed by atoms with Crippen LogP contribution in [0.25, 0.3) is 0 Å². The smallest absolute Gasteiger partial charge is 0.361 e. The van der Waals surface area contributed by atoms with E-state index in [0.29, 0.717) is 17.4 Å². The molecule has 9 nitrogen and oxygen atoms in total. The fraction of sp³-hybridized carbons (Fsp3) is 0.938. The number of carbonyl (C=O) groups is 3. The summed E-state index contributed by atoms with van der Waals surface area (Å²) in [4.78, 5) is 37.1. The Labute approximate surface area is 352 Å². The average molecular weight is 813 g/mol. The van der Waals surface area contributed by atoms with Gasteiger partial charge in [0.15, 0.2) is 6.10 Å². The Morgan fingerprint density at radius 1 is 0.456 bits per heavy atom. The molecular weight excluding hydrogens is 719 g/mol. The predicted octanol–water partition coefficient (Wildman–Crippen LogP) is 12.9. The van der Waals surface area contributed by atoms with Crippen molar-refractivity contribution in [2.45, 2.75) is 245 Å². The highest BCUT2D eigenvalue weighted by atomic mass is 16.7. The number of quaternary nitrogens is 1. The highest BCUT2D eigenvalue weighted by Gasteiger charge is 2.25. The first-order chi connectivity index (χ1) is 27.6. The molecule has 0 saturated heterocycles. The van der Waals surface area contributed by atoms with Gasteiger partial charge in [-0.1, -0.05) is 206 Å². The maximum atomic E-state index is 12.8. The number of rotatable bonds is 45. The fourth-order valence-electron chi connectivity index (χ4n) is 7.07. The van der Waals surface area contributed by atoms with Crippen molar-refractivity contribution in [3.63, 3.8) is 0 Å². The molecule has 57 heavy (non-hydrogen) atoms. The first-order valence-electron chi connectivity index (χ1n) is 24.2. The monoisotopic (exact) mass is 813 g/mol. The molecule has 0 aromatic rings. The van der Waals surface area contributed by atoms with Crippen LogP contribution >= 0.6 is 0 Å². The Morgan fingerprint density at radius 2 is 0.789 bits per heavy atom. The Bertz CT molecular complexity index is 907. The molecule has 2 atom stereocenters. The quantitative estimate of drug-likeness (QED) is 0.0280. The highest BCUT2D eigenvalue weighted by molar-refractivity contribution is 5.71. The van der Waals surface area contributed by atoms with E-state index in [-0.39, 0.29) is 38.2 Å². The van der Waals surface area contributed by atoms with Gasteiger partial charge in [-0.2, -0.15) is 0 Å². The molecule has 2 unspecified atom stereocenters. The van der Waals surface area contributed by atoms with Crippen LogP contribution < -0.4 is 0 Å². The molecule has 338 valence electrons. The zero-order valence-electron chi connectivity index (χ0n) is 38.3. The number of likely N-dealkylation sites (N-methyl/N-ethyl adjacent to an activating group) is 1. The number of unbranched alkanes of at least 4 members (excludes halogenated alkanes) is 30. The van der Waals surface area contributed by atoms with Gasteiger partial charge < -0.3 is 28.5 Å². The van der Waals surface area contributed by atoms with Crippen LogP contribution in [0.3, 0.4) is 0 Å². The van der Waals surface area contributed by atoms with Gasteiger partial charge in [0.05, 0.1) is 34.4 Å². The third-order valence-electron chi connectivity index (χ3n) is 10.9. The van der Waals surface area contributed by atoms with E-state index in [4.69, 9.17) is 18.9 Å². The van der Waals surface area contributed by atoms with Crippen LogP contribution in [0.4, 0.5) is 0 Å². The van der Waals surface area contributed by atoms with Crippen molar-refractivity contribution in [3.05, 3.63) is 0 Å². The molecule has 0 heterocycles. The van der Waals surface area contributed by atoms with Gasteiger partial charge in [0.2, 0.25) is 0 Å². The van der Waals surface area contributed by atoms with Crippen molar-refractivity contribution in [3.8, 4) is 0 Å². The Balaban J connectivity index is 4.30. The minimum atomic E-state index is -1.50. The van der Waals surface area contributed by atoms with Crippen molar-refractivity contribution >= 4 is 17.9 Å². The van der Waals surface area contributed by atoms with Gasteiger partial charge in [-0.05, 0) is 12.8 Å². The summed E-state index contributed by atoms with van der Waals surface area (Å²) in [5, 5.41) is 9.64. The lowest BCUT2D eigenvalue weighted by Crippen LogP contribution is -2.40. The van der Waals surface area contributed by atoms with Crippen molar-refractivity contribution in [1.29, 1.82) is 0 Å². The molecule has 0 aliphatic heterocycles. The molecule has 9 heteroatoms. The minimum Gasteiger partial charge on any atom is -0.477 e. The molecule has 0 fully saturated rings. The van der Waals surface area contributed by atoms with E-state index in [1.807, 2.05) is 21.1 Å². The van der Waals surface area contributed by atoms with Crippen molar-refractivity contribution in [1.82, 2.24) is 0 Å². The number of aliphatic carboxylic acids is 1. The Hall–Kier alpha value is -1.71. The van der Waals surface area contributed by atoms with Crippen LogP contribution in [0, 0.1) is 0 Å². The SMILES string of the molecule is CCCCCCCCCCCCCCCCCCCCCCC(=O)OC(COC(=O)CCCCCCCCCCCCCC)COC(OCC[N+](C)(C)C)C(=O)O. The van der Waals surface area contributed by atoms with Crippen LogP contribution in [0.2, 0.25) is 0 Å². The Kier molecular flexibility index (Phi) is 39.8. The van der Waals surface area contributed by atoms with Gasteiger partial charge in [0, 0.05) is 12.8 Å². The van der Waals surface area contributed by atoms with Gasteiger partial charge in [-0.25, -0.2) is 4.79 Å². The lowest BCUT2D eigenvalue weighted by Gasteiger charge is -2.25. The largest absolute Gasteiger partial charge is 0.477 e. The fourth-order valence-corrected chi connectivity index (χ4v) is 7.07. The number of carboxylic acids is 1. The van der Waals surface area contributed by atoms with Crippen molar-refractivity contribution in [2.75, 3.05) is 47.5 Å². The standard InChI is InChI=1S/C48H93NO8/c1-6-8-10-12-14-16-18-20-21-22-23-24-25-26-27-29-31-33-35-37-39-46(51)57-44(43-56-48(47(52)53)54-41-40-49(3,4)5)42-55-45(50)38-36-34-32-30-28-19-17-15-13-11-9-7-2/h44,48H,6-43H2,1-5H3/p+1. The minimum absolute atomic E-state index is 0.173. The van der Waals surface area contributed by atoms with E-state index >= 15 is 0 Å². The maximum absolute atomic E-state index is 12.8. The zero-order valence-corrected chi connectivity index (χ0v) is 38.3. The molecule has 0 bridgehead atoms. The lowest BCUT2D eigenvalue weighted by molar-refractivity contribution is -0.870. The van der Waals surface area contributed by atoms with E-state index < -0.39 is 18.4 Å². The van der Waals surface area contributed by atoms with Gasteiger partial charge >= 0.3 is 17.9 Å². The summed E-state index contributed by atoms with van der Waals surface area (Å²) in [5.74, 6) is -1.98. The number of hydrogen-bond donors (Lipinski definition) is 1. The second-order valence-electron chi connectivity index (χ2n) is 17.8. The van der Waals surface area contributed by atoms with Gasteiger partial charge in [0.25, 0.3) is 6.29 Å². The molecule has 0 rings (SSSR count). The number of hydrogen-bond acceptors (Lipinski definition) is 7. The number of esters is 2. The molecule has 1 N–H and O–H groups in total. The summed E-state index contributed by atoms with van der Waals surface area (Å²) in [6.45, 7) is 4.91. The molecular formula is C48H94NO8+. The van der Waals surface area contributed by atoms with Crippen LogP contribution in [0.5, 0.6) is 0 Å². The Morgan fingerprint density at radius 3 is 1.12 bits per heavy atom. The molecule has 0 aromatic carbocycles. The van der Waals surface area contributed by atoms with Crippen LogP contribution in [0.15, 0.2) is 0 Å². The van der Waals surface area contributed by atoms with Crippen LogP contribution in [0.1, 0.15) is 232 Å². The molecule has 0 aliphatic rings. The summed E-state index contributed by atoms with van der Waals surface area (Å²) in [7, 11) is 5.97. The van der Waals surface area contributed by atoms with E-state index in [1.54, 1.807) is 0 Å². The molecule has 0 aliphatic carbocycles. The van der Waals surface area contributed by atoms with E-state index in [0.717, 1.165) is 38.5 Å². The summed E-state index contributed by atoms with van der Waals surface area (Å²) < 4.78 is 22.8. The summed E-state index contributed by atoms with van der Waals surface area (Å²) in [6.07, 6.45) is 38.7. The molecule has 0 radical (unpaired) electrons. The summed E-state index contributed by atoms with van der Waals surface area (Å²) in [6, 6.07) is 0. The lowest BCUT2D eigenvalue weighted by atomic mass is 10.0.